The zero-order chi connectivity index (χ0) is 15.4. The van der Waals surface area contributed by atoms with Gasteiger partial charge in [-0.3, -0.25) is 10.2 Å². The summed E-state index contributed by atoms with van der Waals surface area (Å²) in [6.45, 7) is 1.82. The van der Waals surface area contributed by atoms with Gasteiger partial charge in [0, 0.05) is 11.3 Å². The molecule has 3 heterocycles. The fourth-order valence-electron chi connectivity index (χ4n) is 2.80. The van der Waals surface area contributed by atoms with Crippen molar-refractivity contribution in [3.8, 4) is 11.8 Å². The van der Waals surface area contributed by atoms with Gasteiger partial charge >= 0.3 is 0 Å². The van der Waals surface area contributed by atoms with E-state index < -0.39 is 17.6 Å². The van der Waals surface area contributed by atoms with Crippen LogP contribution in [0.2, 0.25) is 0 Å². The van der Waals surface area contributed by atoms with Crippen LogP contribution in [0.1, 0.15) is 28.3 Å². The highest BCUT2D eigenvalue weighted by Gasteiger charge is 2.36. The lowest BCUT2D eigenvalue weighted by Gasteiger charge is -2.23. The Hall–Kier alpha value is -2.90. The van der Waals surface area contributed by atoms with Crippen molar-refractivity contribution in [2.45, 2.75) is 12.8 Å². The number of rotatable bonds is 1. The number of hydrogen-bond donors (Lipinski definition) is 3. The number of anilines is 1. The summed E-state index contributed by atoms with van der Waals surface area (Å²) >= 11 is 0. The van der Waals surface area contributed by atoms with Gasteiger partial charge in [0.05, 0.1) is 11.5 Å². The van der Waals surface area contributed by atoms with Crippen molar-refractivity contribution in [3.05, 3.63) is 52.2 Å². The highest BCUT2D eigenvalue weighted by molar-refractivity contribution is 5.62. The average Bonchev–Trinajstić information content (AvgIpc) is 3.05. The first-order valence-electron chi connectivity index (χ1n) is 6.57. The fourth-order valence-corrected chi connectivity index (χ4v) is 2.80. The smallest absolute Gasteiger partial charge is 0.246 e. The van der Waals surface area contributed by atoms with Crippen molar-refractivity contribution in [1.29, 1.82) is 0 Å². The van der Waals surface area contributed by atoms with Crippen LogP contribution in [0.4, 0.5) is 14.6 Å². The highest BCUT2D eigenvalue weighted by atomic mass is 19.2. The maximum atomic E-state index is 13.7. The quantitative estimate of drug-likeness (QED) is 0.504. The summed E-state index contributed by atoms with van der Waals surface area (Å²) in [5.74, 6) is -1.31. The molecule has 0 saturated heterocycles. The van der Waals surface area contributed by atoms with Crippen LogP contribution >= 0.6 is 0 Å². The Bertz CT molecular complexity index is 839. The van der Waals surface area contributed by atoms with Gasteiger partial charge < -0.3 is 10.5 Å². The molecule has 0 amide bonds. The number of nitrogens with two attached hydrogens (primary N) is 1. The Morgan fingerprint density at radius 3 is 2.59 bits per heavy atom. The lowest BCUT2D eigenvalue weighted by molar-refractivity contribution is 0.418. The number of aryl methyl sites for hydroxylation is 1. The molecule has 8 heteroatoms. The molecule has 3 aromatic rings. The van der Waals surface area contributed by atoms with Gasteiger partial charge in [-0.25, -0.2) is 8.78 Å². The maximum Gasteiger partial charge on any atom is 0.246 e. The number of ether oxygens (including phenoxy) is 1. The van der Waals surface area contributed by atoms with Gasteiger partial charge in [-0.1, -0.05) is 6.07 Å². The number of hydrogen-bond acceptors (Lipinski definition) is 4. The second-order valence-corrected chi connectivity index (χ2v) is 5.13. The molecule has 1 unspecified atom stereocenters. The topological polar surface area (TPSA) is 92.6 Å². The number of fused-ring (bicyclic) bond motifs is 2. The molecule has 1 aliphatic rings. The van der Waals surface area contributed by atoms with E-state index in [-0.39, 0.29) is 5.88 Å². The van der Waals surface area contributed by atoms with Gasteiger partial charge in [0.15, 0.2) is 11.6 Å². The van der Waals surface area contributed by atoms with E-state index >= 15 is 0 Å². The molecule has 0 saturated carbocycles. The Labute approximate surface area is 123 Å². The Kier molecular flexibility index (Phi) is 2.50. The second-order valence-electron chi connectivity index (χ2n) is 5.13. The maximum absolute atomic E-state index is 13.7. The van der Waals surface area contributed by atoms with Gasteiger partial charge in [-0.05, 0) is 24.6 Å². The molecule has 0 fully saturated rings. The van der Waals surface area contributed by atoms with E-state index in [1.807, 2.05) is 6.92 Å². The van der Waals surface area contributed by atoms with Gasteiger partial charge in [0.1, 0.15) is 5.82 Å². The van der Waals surface area contributed by atoms with Crippen LogP contribution < -0.4 is 10.5 Å². The predicted molar refractivity (Wildman–Crippen MR) is 73.7 cm³/mol. The van der Waals surface area contributed by atoms with Crippen molar-refractivity contribution in [3.63, 3.8) is 0 Å². The molecule has 0 spiro atoms. The van der Waals surface area contributed by atoms with Gasteiger partial charge in [0.2, 0.25) is 11.8 Å². The number of halogens is 2. The first-order valence-corrected chi connectivity index (χ1v) is 6.57. The largest absolute Gasteiger partial charge is 0.417 e. The molecule has 0 aliphatic carbocycles. The molecular formula is C14H11F2N5O. The third-order valence-electron chi connectivity index (χ3n) is 3.81. The Morgan fingerprint density at radius 2 is 1.82 bits per heavy atom. The SMILES string of the molecule is Cc1[nH]nc2c1C(c1ccc(F)c(F)c1)c1c(n[nH]c1N)O2. The van der Waals surface area contributed by atoms with E-state index in [1.54, 1.807) is 0 Å². The third kappa shape index (κ3) is 1.63. The van der Waals surface area contributed by atoms with Crippen molar-refractivity contribution in [2.24, 2.45) is 0 Å². The summed E-state index contributed by atoms with van der Waals surface area (Å²) in [6.07, 6.45) is 0. The van der Waals surface area contributed by atoms with Crippen molar-refractivity contribution >= 4 is 5.82 Å². The average molecular weight is 303 g/mol. The molecule has 6 nitrogen and oxygen atoms in total. The van der Waals surface area contributed by atoms with Crippen LogP contribution in [0.3, 0.4) is 0 Å². The van der Waals surface area contributed by atoms with Crippen LogP contribution in [-0.4, -0.2) is 20.4 Å². The summed E-state index contributed by atoms with van der Waals surface area (Å²) in [4.78, 5) is 0. The summed E-state index contributed by atoms with van der Waals surface area (Å²) in [5, 5.41) is 13.5. The van der Waals surface area contributed by atoms with E-state index in [0.29, 0.717) is 22.8 Å². The number of nitrogens with one attached hydrogen (secondary N) is 2. The van der Waals surface area contributed by atoms with Crippen LogP contribution in [0.15, 0.2) is 18.2 Å². The van der Waals surface area contributed by atoms with Crippen LogP contribution in [-0.2, 0) is 0 Å². The molecule has 1 aliphatic heterocycles. The zero-order valence-electron chi connectivity index (χ0n) is 11.4. The minimum atomic E-state index is -0.921. The zero-order valence-corrected chi connectivity index (χ0v) is 11.4. The molecule has 0 bridgehead atoms. The molecule has 4 rings (SSSR count). The molecule has 2 aromatic heterocycles. The van der Waals surface area contributed by atoms with Crippen molar-refractivity contribution in [2.75, 3.05) is 5.73 Å². The summed E-state index contributed by atoms with van der Waals surface area (Å²) in [7, 11) is 0. The predicted octanol–water partition coefficient (Wildman–Crippen LogP) is 2.59. The number of H-pyrrole nitrogens is 2. The van der Waals surface area contributed by atoms with E-state index in [0.717, 1.165) is 23.4 Å². The summed E-state index contributed by atoms with van der Waals surface area (Å²) < 4.78 is 32.5. The fraction of sp³-hybridized carbons (Fsp3) is 0.143. The molecular weight excluding hydrogens is 292 g/mol. The van der Waals surface area contributed by atoms with Crippen molar-refractivity contribution in [1.82, 2.24) is 20.4 Å². The molecule has 1 aromatic carbocycles. The first kappa shape index (κ1) is 12.8. The molecule has 4 N–H and O–H groups in total. The standard InChI is InChI=1S/C14H11F2N5O/c1-5-9-10(6-2-3-7(15)8(16)4-6)11-12(17)19-21-14(11)22-13(9)20-18-5/h2-4,10H,1H3,(H,18,20)(H3,17,19,21). The van der Waals surface area contributed by atoms with Gasteiger partial charge in [-0.15, -0.1) is 10.2 Å². The molecule has 22 heavy (non-hydrogen) atoms. The lowest BCUT2D eigenvalue weighted by atomic mass is 9.84. The normalized spacial score (nSPS) is 16.0. The van der Waals surface area contributed by atoms with E-state index in [9.17, 15) is 8.78 Å². The molecule has 0 radical (unpaired) electrons. The number of aromatic nitrogens is 4. The second kappa shape index (κ2) is 4.30. The third-order valence-corrected chi connectivity index (χ3v) is 3.81. The Morgan fingerprint density at radius 1 is 1.09 bits per heavy atom. The first-order chi connectivity index (χ1) is 10.6. The Balaban J connectivity index is 1.99. The lowest BCUT2D eigenvalue weighted by Crippen LogP contribution is -2.12. The van der Waals surface area contributed by atoms with E-state index in [1.165, 1.54) is 6.07 Å². The minimum Gasteiger partial charge on any atom is -0.417 e. The van der Waals surface area contributed by atoms with Crippen LogP contribution in [0, 0.1) is 18.6 Å². The molecule has 112 valence electrons. The van der Waals surface area contributed by atoms with E-state index in [2.05, 4.69) is 20.4 Å². The monoisotopic (exact) mass is 303 g/mol. The van der Waals surface area contributed by atoms with E-state index in [4.69, 9.17) is 10.5 Å². The number of nitrogens with zero attached hydrogens (tertiary/aromatic N) is 2. The number of benzene rings is 1. The summed E-state index contributed by atoms with van der Waals surface area (Å²) in [6, 6.07) is 3.75. The summed E-state index contributed by atoms with van der Waals surface area (Å²) in [5.41, 5.74) is 8.55. The highest BCUT2D eigenvalue weighted by Crippen LogP contribution is 2.48. The minimum absolute atomic E-state index is 0.284. The van der Waals surface area contributed by atoms with Crippen molar-refractivity contribution < 1.29 is 13.5 Å². The molecule has 1 atom stereocenters. The van der Waals surface area contributed by atoms with Gasteiger partial charge in [0.25, 0.3) is 0 Å². The number of aromatic amines is 2. The number of nitrogen functional groups attached to an aromatic ring is 1. The van der Waals surface area contributed by atoms with Crippen LogP contribution in [0.25, 0.3) is 0 Å². The van der Waals surface area contributed by atoms with Gasteiger partial charge in [-0.2, -0.15) is 0 Å². The van der Waals surface area contributed by atoms with Crippen LogP contribution in [0.5, 0.6) is 11.8 Å².